The predicted octanol–water partition coefficient (Wildman–Crippen LogP) is 6.29. The molecule has 4 aromatic rings. The highest BCUT2D eigenvalue weighted by atomic mass is 16.4. The molecule has 0 saturated heterocycles. The summed E-state index contributed by atoms with van der Waals surface area (Å²) >= 11 is 0. The maximum absolute atomic E-state index is 6.10. The van der Waals surface area contributed by atoms with Crippen LogP contribution in [-0.4, -0.2) is 4.98 Å². The van der Waals surface area contributed by atoms with Crippen LogP contribution in [-0.2, 0) is 0 Å². The molecule has 2 heteroatoms. The molecule has 0 aliphatic rings. The second-order valence-corrected chi connectivity index (χ2v) is 6.19. The fourth-order valence-corrected chi connectivity index (χ4v) is 3.04. The first-order valence-corrected chi connectivity index (χ1v) is 8.41. The van der Waals surface area contributed by atoms with Crippen LogP contribution in [0.25, 0.3) is 33.9 Å². The minimum Gasteiger partial charge on any atom is -0.436 e. The van der Waals surface area contributed by atoms with E-state index in [2.05, 4.69) is 66.5 Å². The number of hydrogen-bond donors (Lipinski definition) is 0. The molecule has 0 radical (unpaired) electrons. The summed E-state index contributed by atoms with van der Waals surface area (Å²) in [6.07, 6.45) is 0. The number of oxazole rings is 1. The lowest BCUT2D eigenvalue weighted by Crippen LogP contribution is -1.82. The third-order valence-corrected chi connectivity index (χ3v) is 4.43. The van der Waals surface area contributed by atoms with E-state index in [1.165, 1.54) is 11.1 Å². The molecule has 0 fully saturated rings. The molecule has 0 aliphatic carbocycles. The first kappa shape index (κ1) is 15.4. The van der Waals surface area contributed by atoms with E-state index >= 15 is 0 Å². The van der Waals surface area contributed by atoms with Crippen molar-refractivity contribution < 1.29 is 4.42 Å². The molecule has 0 spiro atoms. The van der Waals surface area contributed by atoms with Crippen LogP contribution in [0.4, 0.5) is 0 Å². The van der Waals surface area contributed by atoms with Gasteiger partial charge in [0.1, 0.15) is 0 Å². The Kier molecular flexibility index (Phi) is 3.95. The zero-order valence-electron chi connectivity index (χ0n) is 14.4. The summed E-state index contributed by atoms with van der Waals surface area (Å²) in [7, 11) is 0. The van der Waals surface area contributed by atoms with Crippen LogP contribution < -0.4 is 0 Å². The standard InChI is InChI=1S/C23H19NO/c1-16-8-6-7-11-21(16)23-24-17(2)22(25-23)20-14-12-19(13-15-20)18-9-4-3-5-10-18/h3-15H,1-2H3. The van der Waals surface area contributed by atoms with Crippen LogP contribution >= 0.6 is 0 Å². The number of nitrogens with zero attached hydrogens (tertiary/aromatic N) is 1. The Balaban J connectivity index is 1.70. The van der Waals surface area contributed by atoms with E-state index in [1.54, 1.807) is 0 Å². The Labute approximate surface area is 147 Å². The van der Waals surface area contributed by atoms with E-state index in [0.29, 0.717) is 5.89 Å². The third kappa shape index (κ3) is 2.99. The molecule has 0 bridgehead atoms. The van der Waals surface area contributed by atoms with Gasteiger partial charge in [0.25, 0.3) is 0 Å². The quantitative estimate of drug-likeness (QED) is 0.442. The molecule has 0 unspecified atom stereocenters. The fourth-order valence-electron chi connectivity index (χ4n) is 3.04. The van der Waals surface area contributed by atoms with Crippen LogP contribution in [0, 0.1) is 13.8 Å². The van der Waals surface area contributed by atoms with Crippen molar-refractivity contribution in [1.82, 2.24) is 4.98 Å². The smallest absolute Gasteiger partial charge is 0.227 e. The Morgan fingerprint density at radius 1 is 0.640 bits per heavy atom. The van der Waals surface area contributed by atoms with Gasteiger partial charge in [-0.2, -0.15) is 0 Å². The maximum Gasteiger partial charge on any atom is 0.227 e. The highest BCUT2D eigenvalue weighted by molar-refractivity contribution is 5.70. The minimum atomic E-state index is 0.678. The molecule has 1 aromatic heterocycles. The number of aryl methyl sites for hydroxylation is 2. The van der Waals surface area contributed by atoms with Gasteiger partial charge in [0, 0.05) is 11.1 Å². The molecule has 1 heterocycles. The van der Waals surface area contributed by atoms with Crippen LogP contribution in [0.3, 0.4) is 0 Å². The molecular weight excluding hydrogens is 306 g/mol. The lowest BCUT2D eigenvalue weighted by Gasteiger charge is -2.03. The summed E-state index contributed by atoms with van der Waals surface area (Å²) in [4.78, 5) is 4.63. The molecule has 3 aromatic carbocycles. The van der Waals surface area contributed by atoms with Gasteiger partial charge in [0.2, 0.25) is 5.89 Å². The van der Waals surface area contributed by atoms with Crippen molar-refractivity contribution in [2.24, 2.45) is 0 Å². The molecule has 0 amide bonds. The second-order valence-electron chi connectivity index (χ2n) is 6.19. The Bertz CT molecular complexity index is 998. The summed E-state index contributed by atoms with van der Waals surface area (Å²) in [6.45, 7) is 4.06. The first-order chi connectivity index (χ1) is 12.2. The first-order valence-electron chi connectivity index (χ1n) is 8.41. The van der Waals surface area contributed by atoms with Gasteiger partial charge in [-0.3, -0.25) is 0 Å². The van der Waals surface area contributed by atoms with Crippen LogP contribution in [0.5, 0.6) is 0 Å². The van der Waals surface area contributed by atoms with Gasteiger partial charge < -0.3 is 4.42 Å². The third-order valence-electron chi connectivity index (χ3n) is 4.43. The monoisotopic (exact) mass is 325 g/mol. The van der Waals surface area contributed by atoms with E-state index in [-0.39, 0.29) is 0 Å². The van der Waals surface area contributed by atoms with Crippen molar-refractivity contribution in [3.63, 3.8) is 0 Å². The van der Waals surface area contributed by atoms with Crippen LogP contribution in [0.15, 0.2) is 83.3 Å². The van der Waals surface area contributed by atoms with Gasteiger partial charge in [-0.05, 0) is 36.6 Å². The molecule has 0 saturated carbocycles. The summed E-state index contributed by atoms with van der Waals surface area (Å²) in [6, 6.07) is 27.0. The zero-order valence-corrected chi connectivity index (χ0v) is 14.4. The minimum absolute atomic E-state index is 0.678. The van der Waals surface area contributed by atoms with E-state index in [4.69, 9.17) is 4.42 Å². The van der Waals surface area contributed by atoms with Gasteiger partial charge in [-0.15, -0.1) is 0 Å². The molecular formula is C23H19NO. The highest BCUT2D eigenvalue weighted by Gasteiger charge is 2.14. The van der Waals surface area contributed by atoms with Crippen molar-refractivity contribution >= 4 is 0 Å². The van der Waals surface area contributed by atoms with Crippen molar-refractivity contribution in [3.05, 3.63) is 90.1 Å². The molecule has 0 N–H and O–H groups in total. The van der Waals surface area contributed by atoms with Gasteiger partial charge in [-0.1, -0.05) is 72.8 Å². The average Bonchev–Trinajstić information content (AvgIpc) is 3.04. The number of rotatable bonds is 3. The lowest BCUT2D eigenvalue weighted by atomic mass is 10.0. The summed E-state index contributed by atoms with van der Waals surface area (Å²) < 4.78 is 6.10. The Morgan fingerprint density at radius 3 is 1.96 bits per heavy atom. The second kappa shape index (κ2) is 6.40. The Morgan fingerprint density at radius 2 is 1.24 bits per heavy atom. The molecule has 2 nitrogen and oxygen atoms in total. The highest BCUT2D eigenvalue weighted by Crippen LogP contribution is 2.32. The van der Waals surface area contributed by atoms with E-state index in [1.807, 2.05) is 31.2 Å². The number of hydrogen-bond acceptors (Lipinski definition) is 2. The SMILES string of the molecule is Cc1ccccc1-c1nc(C)c(-c2ccc(-c3ccccc3)cc2)o1. The molecule has 0 atom stereocenters. The number of aromatic nitrogens is 1. The lowest BCUT2D eigenvalue weighted by molar-refractivity contribution is 0.587. The number of benzene rings is 3. The fraction of sp³-hybridized carbons (Fsp3) is 0.0870. The summed E-state index contributed by atoms with van der Waals surface area (Å²) in [5.74, 6) is 1.51. The van der Waals surface area contributed by atoms with Crippen molar-refractivity contribution in [1.29, 1.82) is 0 Å². The maximum atomic E-state index is 6.10. The van der Waals surface area contributed by atoms with Gasteiger partial charge >= 0.3 is 0 Å². The summed E-state index contributed by atoms with van der Waals surface area (Å²) in [5.41, 5.74) is 6.56. The van der Waals surface area contributed by atoms with Gasteiger partial charge in [-0.25, -0.2) is 4.98 Å². The van der Waals surface area contributed by atoms with Crippen LogP contribution in [0.1, 0.15) is 11.3 Å². The van der Waals surface area contributed by atoms with Crippen molar-refractivity contribution in [3.8, 4) is 33.9 Å². The summed E-state index contributed by atoms with van der Waals surface area (Å²) in [5, 5.41) is 0. The predicted molar refractivity (Wildman–Crippen MR) is 102 cm³/mol. The molecule has 0 aliphatic heterocycles. The van der Waals surface area contributed by atoms with Crippen molar-refractivity contribution in [2.45, 2.75) is 13.8 Å². The topological polar surface area (TPSA) is 26.0 Å². The zero-order chi connectivity index (χ0) is 17.2. The molecule has 4 rings (SSSR count). The largest absolute Gasteiger partial charge is 0.436 e. The Hall–Kier alpha value is -3.13. The normalized spacial score (nSPS) is 10.8. The van der Waals surface area contributed by atoms with Gasteiger partial charge in [0.15, 0.2) is 5.76 Å². The van der Waals surface area contributed by atoms with Crippen molar-refractivity contribution in [2.75, 3.05) is 0 Å². The van der Waals surface area contributed by atoms with Gasteiger partial charge in [0.05, 0.1) is 5.69 Å². The van der Waals surface area contributed by atoms with E-state index in [9.17, 15) is 0 Å². The van der Waals surface area contributed by atoms with E-state index < -0.39 is 0 Å². The molecule has 122 valence electrons. The molecule has 25 heavy (non-hydrogen) atoms. The van der Waals surface area contributed by atoms with Crippen LogP contribution in [0.2, 0.25) is 0 Å². The van der Waals surface area contributed by atoms with E-state index in [0.717, 1.165) is 28.1 Å². The average molecular weight is 325 g/mol.